The summed E-state index contributed by atoms with van der Waals surface area (Å²) in [7, 11) is 0. The van der Waals surface area contributed by atoms with E-state index in [4.69, 9.17) is 9.47 Å². The second-order valence-electron chi connectivity index (χ2n) is 5.66. The van der Waals surface area contributed by atoms with Crippen LogP contribution in [0.15, 0.2) is 22.7 Å². The minimum atomic E-state index is -0.618. The first-order chi connectivity index (χ1) is 9.65. The van der Waals surface area contributed by atoms with Crippen LogP contribution in [0.2, 0.25) is 0 Å². The van der Waals surface area contributed by atoms with Crippen molar-refractivity contribution >= 4 is 15.9 Å². The van der Waals surface area contributed by atoms with Gasteiger partial charge < -0.3 is 19.9 Å². The summed E-state index contributed by atoms with van der Waals surface area (Å²) in [5.74, 6) is 0.977. The monoisotopic (exact) mass is 341 g/mol. The number of rotatable bonds is 4. The van der Waals surface area contributed by atoms with Gasteiger partial charge in [0, 0.05) is 50.0 Å². The number of aliphatic hydroxyl groups is 1. The maximum absolute atomic E-state index is 10.4. The lowest BCUT2D eigenvalue weighted by atomic mass is 9.94. The highest BCUT2D eigenvalue weighted by molar-refractivity contribution is 9.10. The highest BCUT2D eigenvalue weighted by Crippen LogP contribution is 2.31. The summed E-state index contributed by atoms with van der Waals surface area (Å²) in [6.45, 7) is 2.67. The first-order valence-corrected chi connectivity index (χ1v) is 7.90. The second kappa shape index (κ2) is 6.02. The van der Waals surface area contributed by atoms with E-state index < -0.39 is 5.60 Å². The molecule has 0 saturated carbocycles. The van der Waals surface area contributed by atoms with Gasteiger partial charge in [-0.25, -0.2) is 0 Å². The average Bonchev–Trinajstić information content (AvgIpc) is 2.81. The number of hydrogen-bond acceptors (Lipinski definition) is 4. The Kier molecular flexibility index (Phi) is 4.31. The van der Waals surface area contributed by atoms with Crippen LogP contribution < -0.4 is 10.1 Å². The first kappa shape index (κ1) is 14.3. The molecule has 5 heteroatoms. The largest absolute Gasteiger partial charge is 0.488 e. The lowest BCUT2D eigenvalue weighted by Gasteiger charge is -2.32. The van der Waals surface area contributed by atoms with Gasteiger partial charge >= 0.3 is 0 Å². The van der Waals surface area contributed by atoms with Crippen LogP contribution in [0.4, 0.5) is 0 Å². The zero-order chi connectivity index (χ0) is 14.0. The number of ether oxygens (including phenoxy) is 2. The van der Waals surface area contributed by atoms with Crippen LogP contribution >= 0.6 is 15.9 Å². The maximum Gasteiger partial charge on any atom is 0.123 e. The molecule has 0 radical (unpaired) electrons. The second-order valence-corrected chi connectivity index (χ2v) is 6.58. The standard InChI is InChI=1S/C15H20BrNO3/c16-12-1-2-14-11(7-12)8-13(20-14)9-17-10-15(18)3-5-19-6-4-15/h1-2,7,13,17-18H,3-6,8-10H2. The Morgan fingerprint density at radius 2 is 2.15 bits per heavy atom. The highest BCUT2D eigenvalue weighted by Gasteiger charge is 2.30. The van der Waals surface area contributed by atoms with Gasteiger partial charge in [-0.15, -0.1) is 0 Å². The molecule has 0 aliphatic carbocycles. The van der Waals surface area contributed by atoms with Gasteiger partial charge in [0.25, 0.3) is 0 Å². The molecule has 1 atom stereocenters. The molecule has 1 aromatic rings. The molecule has 0 aromatic heterocycles. The Bertz CT molecular complexity index is 474. The van der Waals surface area contributed by atoms with Crippen LogP contribution in [0.3, 0.4) is 0 Å². The summed E-state index contributed by atoms with van der Waals surface area (Å²) < 4.78 is 12.3. The van der Waals surface area contributed by atoms with E-state index in [1.54, 1.807) is 0 Å². The fourth-order valence-corrected chi connectivity index (χ4v) is 3.21. The molecule has 1 saturated heterocycles. The molecule has 1 fully saturated rings. The van der Waals surface area contributed by atoms with Crippen LogP contribution in [0, 0.1) is 0 Å². The topological polar surface area (TPSA) is 50.7 Å². The Morgan fingerprint density at radius 1 is 1.35 bits per heavy atom. The fourth-order valence-electron chi connectivity index (χ4n) is 2.80. The molecular weight excluding hydrogens is 322 g/mol. The van der Waals surface area contributed by atoms with E-state index >= 15 is 0 Å². The van der Waals surface area contributed by atoms with E-state index in [0.717, 1.165) is 23.2 Å². The van der Waals surface area contributed by atoms with Gasteiger partial charge in [-0.05, 0) is 23.8 Å². The molecule has 3 rings (SSSR count). The van der Waals surface area contributed by atoms with Crippen molar-refractivity contribution < 1.29 is 14.6 Å². The van der Waals surface area contributed by atoms with E-state index in [2.05, 4.69) is 27.3 Å². The zero-order valence-electron chi connectivity index (χ0n) is 11.4. The molecule has 110 valence electrons. The van der Waals surface area contributed by atoms with Gasteiger partial charge in [0.15, 0.2) is 0 Å². The summed E-state index contributed by atoms with van der Waals surface area (Å²) in [4.78, 5) is 0. The van der Waals surface area contributed by atoms with Gasteiger partial charge in [-0.1, -0.05) is 15.9 Å². The summed E-state index contributed by atoms with van der Waals surface area (Å²) in [6, 6.07) is 6.12. The summed E-state index contributed by atoms with van der Waals surface area (Å²) in [5.41, 5.74) is 0.628. The summed E-state index contributed by atoms with van der Waals surface area (Å²) >= 11 is 3.48. The summed E-state index contributed by atoms with van der Waals surface area (Å²) in [5, 5.41) is 13.7. The number of hydrogen-bond donors (Lipinski definition) is 2. The minimum absolute atomic E-state index is 0.155. The van der Waals surface area contributed by atoms with E-state index in [0.29, 0.717) is 32.6 Å². The smallest absolute Gasteiger partial charge is 0.123 e. The first-order valence-electron chi connectivity index (χ1n) is 7.11. The lowest BCUT2D eigenvalue weighted by Crippen LogP contribution is -2.47. The maximum atomic E-state index is 10.4. The zero-order valence-corrected chi connectivity index (χ0v) is 13.0. The third-order valence-corrected chi connectivity index (χ3v) is 4.51. The van der Waals surface area contributed by atoms with Crippen molar-refractivity contribution in [3.05, 3.63) is 28.2 Å². The number of fused-ring (bicyclic) bond motifs is 1. The van der Waals surface area contributed by atoms with Crippen molar-refractivity contribution in [3.63, 3.8) is 0 Å². The molecule has 0 amide bonds. The molecule has 4 nitrogen and oxygen atoms in total. The molecule has 20 heavy (non-hydrogen) atoms. The van der Waals surface area contributed by atoms with Crippen molar-refractivity contribution in [2.75, 3.05) is 26.3 Å². The molecule has 1 unspecified atom stereocenters. The van der Waals surface area contributed by atoms with Crippen LogP contribution in [0.25, 0.3) is 0 Å². The van der Waals surface area contributed by atoms with Gasteiger partial charge in [-0.2, -0.15) is 0 Å². The van der Waals surface area contributed by atoms with E-state index in [9.17, 15) is 5.11 Å². The van der Waals surface area contributed by atoms with Crippen molar-refractivity contribution in [2.24, 2.45) is 0 Å². The highest BCUT2D eigenvalue weighted by atomic mass is 79.9. The number of benzene rings is 1. The lowest BCUT2D eigenvalue weighted by molar-refractivity contribution is -0.0620. The van der Waals surface area contributed by atoms with E-state index in [1.165, 1.54) is 5.56 Å². The van der Waals surface area contributed by atoms with Crippen LogP contribution in [0.5, 0.6) is 5.75 Å². The molecule has 1 aromatic carbocycles. The number of nitrogens with one attached hydrogen (secondary N) is 1. The molecular formula is C15H20BrNO3. The Hall–Kier alpha value is -0.620. The van der Waals surface area contributed by atoms with Crippen LogP contribution in [-0.4, -0.2) is 43.1 Å². The third-order valence-electron chi connectivity index (χ3n) is 4.01. The van der Waals surface area contributed by atoms with Gasteiger partial charge in [0.05, 0.1) is 5.60 Å². The van der Waals surface area contributed by atoms with Gasteiger partial charge in [0.2, 0.25) is 0 Å². The van der Waals surface area contributed by atoms with E-state index in [-0.39, 0.29) is 6.10 Å². The average molecular weight is 342 g/mol. The SMILES string of the molecule is OC1(CNCC2Cc3cc(Br)ccc3O2)CCOCC1. The fraction of sp³-hybridized carbons (Fsp3) is 0.600. The van der Waals surface area contributed by atoms with Crippen molar-refractivity contribution in [1.29, 1.82) is 0 Å². The predicted octanol–water partition coefficient (Wildman–Crippen LogP) is 1.88. The van der Waals surface area contributed by atoms with E-state index in [1.807, 2.05) is 12.1 Å². The van der Waals surface area contributed by atoms with Crippen LogP contribution in [0.1, 0.15) is 18.4 Å². The Balaban J connectivity index is 1.46. The molecule has 2 aliphatic rings. The normalized spacial score (nSPS) is 24.2. The summed E-state index contributed by atoms with van der Waals surface area (Å²) in [6.07, 6.45) is 2.49. The minimum Gasteiger partial charge on any atom is -0.488 e. The predicted molar refractivity (Wildman–Crippen MR) is 80.1 cm³/mol. The van der Waals surface area contributed by atoms with Gasteiger partial charge in [-0.3, -0.25) is 0 Å². The van der Waals surface area contributed by atoms with Crippen molar-refractivity contribution in [2.45, 2.75) is 31.0 Å². The quantitative estimate of drug-likeness (QED) is 0.877. The number of halogens is 1. The van der Waals surface area contributed by atoms with Gasteiger partial charge in [0.1, 0.15) is 11.9 Å². The Morgan fingerprint density at radius 3 is 2.95 bits per heavy atom. The molecule has 0 bridgehead atoms. The molecule has 2 N–H and O–H groups in total. The molecule has 2 heterocycles. The van der Waals surface area contributed by atoms with Crippen molar-refractivity contribution in [3.8, 4) is 5.75 Å². The van der Waals surface area contributed by atoms with Crippen LogP contribution in [-0.2, 0) is 11.2 Å². The third kappa shape index (κ3) is 3.34. The Labute approximate surface area is 127 Å². The van der Waals surface area contributed by atoms with Crippen molar-refractivity contribution in [1.82, 2.24) is 5.32 Å². The molecule has 2 aliphatic heterocycles. The molecule has 0 spiro atoms.